The molecular weight excluding hydrogens is 852 g/mol. The number of ether oxygens (including phenoxy) is 2. The van der Waals surface area contributed by atoms with Gasteiger partial charge < -0.3 is 81.2 Å². The Kier molecular flexibility index (Phi) is 41.1. The summed E-state index contributed by atoms with van der Waals surface area (Å²) in [5, 5.41) is 40.9. The van der Waals surface area contributed by atoms with Crippen LogP contribution in [-0.2, 0) is 41.8 Å². The van der Waals surface area contributed by atoms with Crippen molar-refractivity contribution in [3.8, 4) is 0 Å². The fourth-order valence-corrected chi connectivity index (χ4v) is 8.63. The summed E-state index contributed by atoms with van der Waals surface area (Å²) in [6.45, 7) is 2.97. The first-order chi connectivity index (χ1) is 28.1. The van der Waals surface area contributed by atoms with E-state index in [-0.39, 0.29) is 31.3 Å². The standard InChI is InChI=1S/C41H80O16P2.3H3N/c1-3-5-7-9-11-13-15-17-19-21-23-25-27-29-34(42)53-31-33(55-35(43)30-28-26-24-22-20-18-16-14-12-10-8-6-4-2)32-54-59(51,52)57-41-38(46)36(44)37(45)40(39(41)47)56-58(48,49)50;;;/h33,36-41,44-47H,3-32H2,1-2H3,(H,51,52)(H2,48,49,50);3*1H3/t33?,36-,37-,38+,39+,40+,41-;;;/m0.../s1. The van der Waals surface area contributed by atoms with E-state index in [0.717, 1.165) is 51.4 Å². The fraction of sp³-hybridized carbons (Fsp3) is 0.951. The molecule has 21 heteroatoms. The Labute approximate surface area is 371 Å². The zero-order valence-corrected chi connectivity index (χ0v) is 40.6. The summed E-state index contributed by atoms with van der Waals surface area (Å²) in [5.74, 6) is -1.25. The largest absolute Gasteiger partial charge is 0.790 e. The van der Waals surface area contributed by atoms with E-state index in [4.69, 9.17) is 18.5 Å². The van der Waals surface area contributed by atoms with Gasteiger partial charge in [0.25, 0.3) is 7.82 Å². The van der Waals surface area contributed by atoms with Gasteiger partial charge in [-0.3, -0.25) is 14.2 Å². The minimum absolute atomic E-state index is 0. The highest BCUT2D eigenvalue weighted by Crippen LogP contribution is 2.45. The third kappa shape index (κ3) is 32.5. The van der Waals surface area contributed by atoms with E-state index in [0.29, 0.717) is 12.8 Å². The Bertz CT molecular complexity index is 1190. The Morgan fingerprint density at radius 3 is 1.19 bits per heavy atom. The van der Waals surface area contributed by atoms with Gasteiger partial charge in [0.15, 0.2) is 6.10 Å². The number of esters is 2. The molecule has 0 heterocycles. The second kappa shape index (κ2) is 39.1. The second-order valence-electron chi connectivity index (χ2n) is 16.1. The summed E-state index contributed by atoms with van der Waals surface area (Å²) in [4.78, 5) is 60.4. The normalized spacial score (nSPS) is 21.4. The van der Waals surface area contributed by atoms with Gasteiger partial charge in [-0.05, 0) is 12.8 Å². The van der Waals surface area contributed by atoms with Crippen molar-refractivity contribution in [2.24, 2.45) is 0 Å². The second-order valence-corrected chi connectivity index (χ2v) is 18.5. The monoisotopic (exact) mass is 942 g/mol. The highest BCUT2D eigenvalue weighted by Gasteiger charge is 2.51. The molecule has 0 saturated heterocycles. The Morgan fingerprint density at radius 1 is 0.484 bits per heavy atom. The molecule has 2 unspecified atom stereocenters. The Morgan fingerprint density at radius 2 is 0.823 bits per heavy atom. The van der Waals surface area contributed by atoms with Gasteiger partial charge in [0, 0.05) is 12.8 Å². The highest BCUT2D eigenvalue weighted by molar-refractivity contribution is 7.45. The van der Waals surface area contributed by atoms with Crippen molar-refractivity contribution in [1.29, 1.82) is 0 Å². The summed E-state index contributed by atoms with van der Waals surface area (Å²) in [6.07, 6.45) is 14.0. The van der Waals surface area contributed by atoms with Crippen molar-refractivity contribution in [3.63, 3.8) is 0 Å². The van der Waals surface area contributed by atoms with Crippen molar-refractivity contribution in [2.45, 2.75) is 236 Å². The van der Waals surface area contributed by atoms with E-state index >= 15 is 0 Å². The summed E-state index contributed by atoms with van der Waals surface area (Å²) in [6, 6.07) is 0. The van der Waals surface area contributed by atoms with E-state index in [2.05, 4.69) is 18.4 Å². The number of hydrogen-bond donors (Lipinski definition) is 7. The molecule has 1 aliphatic rings. The van der Waals surface area contributed by atoms with Crippen molar-refractivity contribution in [1.82, 2.24) is 18.5 Å². The average molecular weight is 942 g/mol. The first-order valence-electron chi connectivity index (χ1n) is 22.5. The maximum atomic E-state index is 12.8. The zero-order chi connectivity index (χ0) is 43.9. The topological polar surface area (TPSA) is 374 Å². The van der Waals surface area contributed by atoms with Gasteiger partial charge in [0.2, 0.25) is 0 Å². The summed E-state index contributed by atoms with van der Waals surface area (Å²) in [5.41, 5.74) is 0. The molecule has 0 radical (unpaired) electrons. The van der Waals surface area contributed by atoms with Crippen molar-refractivity contribution in [2.75, 3.05) is 13.2 Å². The summed E-state index contributed by atoms with van der Waals surface area (Å²) in [7, 11) is -11.4. The van der Waals surface area contributed by atoms with Crippen LogP contribution in [0.5, 0.6) is 0 Å². The molecule has 0 amide bonds. The number of rotatable bonds is 38. The molecule has 1 aliphatic carbocycles. The molecule has 19 nitrogen and oxygen atoms in total. The first kappa shape index (κ1) is 65.2. The van der Waals surface area contributed by atoms with Crippen LogP contribution in [0.15, 0.2) is 0 Å². The van der Waals surface area contributed by atoms with Gasteiger partial charge in [-0.25, -0.2) is 0 Å². The molecule has 374 valence electrons. The number of phosphoric acid groups is 2. The maximum Gasteiger partial charge on any atom is 0.306 e. The number of hydrogen-bond acceptors (Lipinski definition) is 16. The molecule has 16 N–H and O–H groups in total. The minimum Gasteiger partial charge on any atom is -0.790 e. The first-order valence-corrected chi connectivity index (χ1v) is 25.5. The summed E-state index contributed by atoms with van der Waals surface area (Å²) >= 11 is 0. The van der Waals surface area contributed by atoms with Crippen LogP contribution in [0, 0.1) is 0 Å². The van der Waals surface area contributed by atoms with E-state index < -0.39 is 83.5 Å². The number of unbranched alkanes of at least 4 members (excludes halogenated alkanes) is 24. The van der Waals surface area contributed by atoms with Crippen LogP contribution in [-0.4, -0.2) is 88.3 Å². The Balaban J connectivity index is -0.0000116. The molecule has 1 saturated carbocycles. The van der Waals surface area contributed by atoms with E-state index in [9.17, 15) is 53.8 Å². The number of quaternary nitrogens is 3. The van der Waals surface area contributed by atoms with E-state index in [1.807, 2.05) is 0 Å². The van der Waals surface area contributed by atoms with Crippen LogP contribution in [0.3, 0.4) is 0 Å². The number of aliphatic hydroxyl groups excluding tert-OH is 4. The number of carbonyl (C=O) groups is 2. The van der Waals surface area contributed by atoms with Gasteiger partial charge in [0.05, 0.1) is 14.4 Å². The highest BCUT2D eigenvalue weighted by atomic mass is 31.2. The molecule has 1 rings (SSSR count). The lowest BCUT2D eigenvalue weighted by Crippen LogP contribution is -2.65. The minimum atomic E-state index is -5.87. The van der Waals surface area contributed by atoms with Crippen LogP contribution in [0.2, 0.25) is 0 Å². The van der Waals surface area contributed by atoms with Crippen LogP contribution in [0.1, 0.15) is 194 Å². The molecule has 0 spiro atoms. The van der Waals surface area contributed by atoms with Crippen molar-refractivity contribution in [3.05, 3.63) is 0 Å². The Hall–Kier alpha value is -1.12. The summed E-state index contributed by atoms with van der Waals surface area (Å²) < 4.78 is 48.3. The lowest BCUT2D eigenvalue weighted by Gasteiger charge is -2.47. The quantitative estimate of drug-likeness (QED) is 0.0185. The van der Waals surface area contributed by atoms with Gasteiger partial charge in [0.1, 0.15) is 43.2 Å². The smallest absolute Gasteiger partial charge is 0.306 e. The van der Waals surface area contributed by atoms with Crippen LogP contribution < -0.4 is 33.1 Å². The van der Waals surface area contributed by atoms with Gasteiger partial charge >= 0.3 is 11.9 Å². The molecule has 1 fully saturated rings. The van der Waals surface area contributed by atoms with E-state index in [1.54, 1.807) is 0 Å². The van der Waals surface area contributed by atoms with Gasteiger partial charge in [-0.15, -0.1) is 0 Å². The van der Waals surface area contributed by atoms with Gasteiger partial charge in [-0.2, -0.15) is 0 Å². The van der Waals surface area contributed by atoms with Gasteiger partial charge in [-0.1, -0.05) is 168 Å². The molecule has 0 aromatic carbocycles. The SMILES string of the molecule is CCCCCCCCCCCCCCCC(=O)OCC(COP(=O)([O-])O[C@@H]1[C@H](O)[C@H](OP(=O)([O-])[O-])[C@@H](O)[C@H](O)[C@H]1O)OC(=O)CCCCCCCCCCCCCCC.[NH4+].[NH4+].[NH4+]. The van der Waals surface area contributed by atoms with Crippen LogP contribution in [0.4, 0.5) is 0 Å². The van der Waals surface area contributed by atoms with Crippen LogP contribution in [0.25, 0.3) is 0 Å². The molecule has 0 aromatic rings. The van der Waals surface area contributed by atoms with Crippen molar-refractivity contribution >= 4 is 27.6 Å². The average Bonchev–Trinajstić information content (AvgIpc) is 3.18. The van der Waals surface area contributed by atoms with Crippen molar-refractivity contribution < 1.29 is 76.9 Å². The predicted octanol–water partition coefficient (Wildman–Crippen LogP) is 7.07. The molecular formula is C41H89N3O16P2. The number of aliphatic hydroxyl groups is 4. The molecule has 8 atom stereocenters. The third-order valence-electron chi connectivity index (χ3n) is 10.7. The number of phosphoric ester groups is 2. The third-order valence-corrected chi connectivity index (χ3v) is 12.1. The predicted molar refractivity (Wildman–Crippen MR) is 234 cm³/mol. The number of carbonyl (C=O) groups excluding carboxylic acids is 2. The molecule has 62 heavy (non-hydrogen) atoms. The maximum absolute atomic E-state index is 12.8. The lowest BCUT2D eigenvalue weighted by atomic mass is 9.85. The van der Waals surface area contributed by atoms with E-state index in [1.165, 1.54) is 103 Å². The molecule has 0 aliphatic heterocycles. The molecule has 0 bridgehead atoms. The lowest BCUT2D eigenvalue weighted by molar-refractivity contribution is -0.353. The molecule has 0 aromatic heterocycles. The van der Waals surface area contributed by atoms with Crippen LogP contribution >= 0.6 is 15.6 Å². The zero-order valence-electron chi connectivity index (χ0n) is 38.8. The fourth-order valence-electron chi connectivity index (χ4n) is 7.13.